The van der Waals surface area contributed by atoms with Crippen molar-refractivity contribution in [2.75, 3.05) is 0 Å². The predicted octanol–water partition coefficient (Wildman–Crippen LogP) is 6.99. The van der Waals surface area contributed by atoms with Crippen LogP contribution < -0.4 is 4.74 Å². The Hall–Kier alpha value is -2.97. The van der Waals surface area contributed by atoms with Crippen LogP contribution in [0.5, 0.6) is 5.75 Å². The Morgan fingerprint density at radius 3 is 2.13 bits per heavy atom. The molecule has 1 N–H and O–H groups in total. The maximum Gasteiger partial charge on any atom is 0.335 e. The minimum Gasteiger partial charge on any atom is -0.486 e. The number of ether oxygens (including phenoxy) is 1. The molecule has 0 aliphatic carbocycles. The molecule has 0 fully saturated rings. The highest BCUT2D eigenvalue weighted by Crippen LogP contribution is 2.36. The number of carboxylic acid groups (broad SMARTS) is 1. The average Bonchev–Trinajstić information content (AvgIpc) is 2.72. The van der Waals surface area contributed by atoms with Crippen LogP contribution in [0.2, 0.25) is 15.1 Å². The minimum absolute atomic E-state index is 0.141. The van der Waals surface area contributed by atoms with Crippen LogP contribution >= 0.6 is 34.8 Å². The maximum absolute atomic E-state index is 11.0. The highest BCUT2D eigenvalue weighted by Gasteiger charge is 2.12. The predicted molar refractivity (Wildman–Crippen MR) is 119 cm³/mol. The number of carboxylic acids is 1. The van der Waals surface area contributed by atoms with Crippen LogP contribution in [0.4, 0.5) is 0 Å². The van der Waals surface area contributed by atoms with Crippen LogP contribution in [0.3, 0.4) is 0 Å². The molecule has 0 amide bonds. The summed E-state index contributed by atoms with van der Waals surface area (Å²) < 4.78 is 5.75. The molecule has 3 rings (SSSR count). The number of nitriles is 1. The lowest BCUT2D eigenvalue weighted by Gasteiger charge is -2.12. The number of nitrogens with zero attached hydrogens (tertiary/aromatic N) is 1. The van der Waals surface area contributed by atoms with E-state index in [1.54, 1.807) is 36.4 Å². The van der Waals surface area contributed by atoms with Crippen molar-refractivity contribution < 1.29 is 14.6 Å². The summed E-state index contributed by atoms with van der Waals surface area (Å²) in [6.07, 6.45) is 1.62. The second-order valence-corrected chi connectivity index (χ2v) is 7.47. The Balaban J connectivity index is 1.85. The smallest absolute Gasteiger partial charge is 0.335 e. The van der Waals surface area contributed by atoms with Crippen molar-refractivity contribution in [1.29, 1.82) is 5.26 Å². The number of hydrogen-bond acceptors (Lipinski definition) is 3. The monoisotopic (exact) mass is 457 g/mol. The molecule has 3 aromatic rings. The SMILES string of the molecule is N#C/C(=C/c1cc(Cl)c(OCc2ccccc2Cl)c(Cl)c1)c1ccc(C(=O)O)cc1. The first-order valence-electron chi connectivity index (χ1n) is 8.70. The largest absolute Gasteiger partial charge is 0.486 e. The maximum atomic E-state index is 11.0. The zero-order valence-electron chi connectivity index (χ0n) is 15.4. The standard InChI is InChI=1S/C23H14Cl3NO3/c24-19-4-2-1-3-17(19)13-30-22-20(25)10-14(11-21(22)26)9-18(12-27)15-5-7-16(8-6-15)23(28)29/h1-11H,13H2,(H,28,29)/b18-9-. The summed E-state index contributed by atoms with van der Waals surface area (Å²) in [5, 5.41) is 19.7. The fourth-order valence-corrected chi connectivity index (χ4v) is 3.51. The lowest BCUT2D eigenvalue weighted by molar-refractivity contribution is 0.0697. The summed E-state index contributed by atoms with van der Waals surface area (Å²) in [5.41, 5.74) is 2.46. The molecule has 0 aromatic heterocycles. The first-order chi connectivity index (χ1) is 14.4. The average molecular weight is 459 g/mol. The van der Waals surface area contributed by atoms with Gasteiger partial charge in [-0.2, -0.15) is 5.26 Å². The minimum atomic E-state index is -1.03. The molecule has 4 nitrogen and oxygen atoms in total. The van der Waals surface area contributed by atoms with Crippen LogP contribution in [-0.4, -0.2) is 11.1 Å². The molecule has 0 radical (unpaired) electrons. The van der Waals surface area contributed by atoms with E-state index in [4.69, 9.17) is 44.6 Å². The third-order valence-electron chi connectivity index (χ3n) is 4.22. The molecule has 7 heteroatoms. The molecule has 0 bridgehead atoms. The van der Waals surface area contributed by atoms with Crippen molar-refractivity contribution in [1.82, 2.24) is 0 Å². The van der Waals surface area contributed by atoms with Crippen molar-refractivity contribution in [3.63, 3.8) is 0 Å². The molecule has 30 heavy (non-hydrogen) atoms. The van der Waals surface area contributed by atoms with E-state index in [-0.39, 0.29) is 12.2 Å². The van der Waals surface area contributed by atoms with Crippen molar-refractivity contribution in [3.05, 3.63) is 98.0 Å². The first-order valence-corrected chi connectivity index (χ1v) is 9.83. The van der Waals surface area contributed by atoms with E-state index in [1.807, 2.05) is 18.2 Å². The molecule has 0 spiro atoms. The van der Waals surface area contributed by atoms with Crippen molar-refractivity contribution in [3.8, 4) is 11.8 Å². The molecular formula is C23H14Cl3NO3. The van der Waals surface area contributed by atoms with E-state index < -0.39 is 5.97 Å². The van der Waals surface area contributed by atoms with E-state index in [0.29, 0.717) is 37.5 Å². The second-order valence-electron chi connectivity index (χ2n) is 6.25. The Bertz CT molecular complexity index is 1140. The number of halogens is 3. The molecular weight excluding hydrogens is 445 g/mol. The highest BCUT2D eigenvalue weighted by molar-refractivity contribution is 6.37. The van der Waals surface area contributed by atoms with Crippen LogP contribution in [0.15, 0.2) is 60.7 Å². The molecule has 0 aliphatic heterocycles. The van der Waals surface area contributed by atoms with Gasteiger partial charge >= 0.3 is 5.97 Å². The topological polar surface area (TPSA) is 70.3 Å². The first kappa shape index (κ1) is 21.7. The fourth-order valence-electron chi connectivity index (χ4n) is 2.71. The number of allylic oxidation sites excluding steroid dienone is 1. The molecule has 0 saturated carbocycles. The van der Waals surface area contributed by atoms with Gasteiger partial charge in [-0.1, -0.05) is 65.1 Å². The number of aromatic carboxylic acids is 1. The van der Waals surface area contributed by atoms with Gasteiger partial charge in [0.2, 0.25) is 0 Å². The molecule has 0 aliphatic rings. The van der Waals surface area contributed by atoms with Crippen LogP contribution in [0.25, 0.3) is 11.6 Å². The van der Waals surface area contributed by atoms with Gasteiger partial charge < -0.3 is 9.84 Å². The van der Waals surface area contributed by atoms with Gasteiger partial charge in [0, 0.05) is 10.6 Å². The Labute approximate surface area is 188 Å². The molecule has 3 aromatic carbocycles. The Morgan fingerprint density at radius 1 is 0.967 bits per heavy atom. The van der Waals surface area contributed by atoms with E-state index in [1.165, 1.54) is 12.1 Å². The zero-order valence-corrected chi connectivity index (χ0v) is 17.7. The number of benzene rings is 3. The van der Waals surface area contributed by atoms with Crippen molar-refractivity contribution >= 4 is 52.4 Å². The van der Waals surface area contributed by atoms with E-state index in [2.05, 4.69) is 6.07 Å². The highest BCUT2D eigenvalue weighted by atomic mass is 35.5. The van der Waals surface area contributed by atoms with Crippen molar-refractivity contribution in [2.24, 2.45) is 0 Å². The van der Waals surface area contributed by atoms with E-state index >= 15 is 0 Å². The normalized spacial score (nSPS) is 11.1. The summed E-state index contributed by atoms with van der Waals surface area (Å²) in [6, 6.07) is 18.7. The van der Waals surface area contributed by atoms with Gasteiger partial charge in [-0.25, -0.2) is 4.79 Å². The molecule has 0 atom stereocenters. The van der Waals surface area contributed by atoms with Crippen LogP contribution in [0.1, 0.15) is 27.0 Å². The van der Waals surface area contributed by atoms with Gasteiger partial charge in [-0.15, -0.1) is 0 Å². The summed E-state index contributed by atoms with van der Waals surface area (Å²) in [7, 11) is 0. The van der Waals surface area contributed by atoms with Gasteiger partial charge in [0.05, 0.1) is 27.3 Å². The van der Waals surface area contributed by atoms with Crippen LogP contribution in [-0.2, 0) is 6.61 Å². The lowest BCUT2D eigenvalue weighted by atomic mass is 10.0. The van der Waals surface area contributed by atoms with Gasteiger partial charge in [-0.3, -0.25) is 0 Å². The quantitative estimate of drug-likeness (QED) is 0.319. The van der Waals surface area contributed by atoms with E-state index in [9.17, 15) is 10.1 Å². The lowest BCUT2D eigenvalue weighted by Crippen LogP contribution is -1.98. The van der Waals surface area contributed by atoms with E-state index in [0.717, 1.165) is 5.56 Å². The molecule has 0 heterocycles. The summed E-state index contributed by atoms with van der Waals surface area (Å²) in [4.78, 5) is 11.0. The third-order valence-corrected chi connectivity index (χ3v) is 5.15. The number of hydrogen-bond donors (Lipinski definition) is 1. The van der Waals surface area contributed by atoms with Gasteiger partial charge in [0.25, 0.3) is 0 Å². The van der Waals surface area contributed by atoms with Gasteiger partial charge in [0.15, 0.2) is 5.75 Å². The molecule has 0 unspecified atom stereocenters. The van der Waals surface area contributed by atoms with Gasteiger partial charge in [0.1, 0.15) is 6.61 Å². The van der Waals surface area contributed by atoms with Crippen molar-refractivity contribution in [2.45, 2.75) is 6.61 Å². The van der Waals surface area contributed by atoms with Gasteiger partial charge in [-0.05, 0) is 47.5 Å². The fraction of sp³-hybridized carbons (Fsp3) is 0.0435. The number of carbonyl (C=O) groups is 1. The number of rotatable bonds is 6. The second kappa shape index (κ2) is 9.69. The Kier molecular flexibility index (Phi) is 7.02. The summed E-state index contributed by atoms with van der Waals surface area (Å²) >= 11 is 18.8. The molecule has 150 valence electrons. The summed E-state index contributed by atoms with van der Waals surface area (Å²) in [6.45, 7) is 0.202. The Morgan fingerprint density at radius 2 is 1.57 bits per heavy atom. The summed E-state index contributed by atoms with van der Waals surface area (Å²) in [5.74, 6) is -0.713. The van der Waals surface area contributed by atoms with Crippen LogP contribution in [0, 0.1) is 11.3 Å². The molecule has 0 saturated heterocycles. The zero-order chi connectivity index (χ0) is 21.7. The third kappa shape index (κ3) is 5.14.